The Kier molecular flexibility index (Phi) is 5.06. The van der Waals surface area contributed by atoms with Gasteiger partial charge in [-0.1, -0.05) is 0 Å². The maximum Gasteiger partial charge on any atom is 0.122 e. The van der Waals surface area contributed by atoms with Gasteiger partial charge in [0.25, 0.3) is 0 Å². The van der Waals surface area contributed by atoms with E-state index in [1.807, 2.05) is 0 Å². The van der Waals surface area contributed by atoms with E-state index in [-0.39, 0.29) is 5.54 Å². The van der Waals surface area contributed by atoms with E-state index in [2.05, 4.69) is 49.1 Å². The van der Waals surface area contributed by atoms with Crippen LogP contribution >= 0.6 is 0 Å². The van der Waals surface area contributed by atoms with Crippen molar-refractivity contribution < 1.29 is 0 Å². The van der Waals surface area contributed by atoms with Crippen LogP contribution in [0.25, 0.3) is 0 Å². The van der Waals surface area contributed by atoms with Crippen molar-refractivity contribution in [1.82, 2.24) is 15.1 Å². The van der Waals surface area contributed by atoms with Crippen LogP contribution in [-0.4, -0.2) is 61.2 Å². The summed E-state index contributed by atoms with van der Waals surface area (Å²) >= 11 is 0. The second kappa shape index (κ2) is 6.43. The van der Waals surface area contributed by atoms with Crippen LogP contribution in [0.2, 0.25) is 0 Å². The minimum Gasteiger partial charge on any atom is -0.306 e. The molecule has 0 aromatic rings. The van der Waals surface area contributed by atoms with E-state index >= 15 is 0 Å². The lowest BCUT2D eigenvalue weighted by Gasteiger charge is -2.40. The maximum atomic E-state index is 9.76. The van der Waals surface area contributed by atoms with E-state index in [0.29, 0.717) is 18.0 Å². The van der Waals surface area contributed by atoms with Crippen LogP contribution in [0.3, 0.4) is 0 Å². The van der Waals surface area contributed by atoms with Gasteiger partial charge in [-0.25, -0.2) is 0 Å². The van der Waals surface area contributed by atoms with E-state index in [1.54, 1.807) is 0 Å². The largest absolute Gasteiger partial charge is 0.306 e. The van der Waals surface area contributed by atoms with Gasteiger partial charge in [0.15, 0.2) is 0 Å². The normalized spacial score (nSPS) is 24.9. The number of likely N-dealkylation sites (tertiary alicyclic amines) is 1. The summed E-state index contributed by atoms with van der Waals surface area (Å²) in [7, 11) is 4.34. The predicted molar refractivity (Wildman–Crippen MR) is 82.5 cm³/mol. The Balaban J connectivity index is 1.94. The van der Waals surface area contributed by atoms with Crippen molar-refractivity contribution in [2.75, 3.05) is 33.7 Å². The summed E-state index contributed by atoms with van der Waals surface area (Å²) in [5.74, 6) is 0.557. The van der Waals surface area contributed by atoms with Gasteiger partial charge >= 0.3 is 0 Å². The van der Waals surface area contributed by atoms with Crippen LogP contribution in [-0.2, 0) is 0 Å². The fourth-order valence-corrected chi connectivity index (χ4v) is 3.49. The third-order valence-electron chi connectivity index (χ3n) is 4.78. The Hall–Kier alpha value is -0.630. The molecule has 114 valence electrons. The Bertz CT molecular complexity index is 348. The van der Waals surface area contributed by atoms with Crippen LogP contribution in [0.5, 0.6) is 0 Å². The van der Waals surface area contributed by atoms with Gasteiger partial charge in [0.2, 0.25) is 0 Å². The Morgan fingerprint density at radius 3 is 2.25 bits per heavy atom. The third-order valence-corrected chi connectivity index (χ3v) is 4.78. The average Bonchev–Trinajstić information content (AvgIpc) is 3.22. The van der Waals surface area contributed by atoms with Crippen LogP contribution in [0.1, 0.15) is 39.5 Å². The molecule has 0 spiro atoms. The Morgan fingerprint density at radius 2 is 1.85 bits per heavy atom. The van der Waals surface area contributed by atoms with Gasteiger partial charge in [0, 0.05) is 18.6 Å². The van der Waals surface area contributed by atoms with Crippen LogP contribution in [0, 0.1) is 17.2 Å². The van der Waals surface area contributed by atoms with E-state index < -0.39 is 0 Å². The number of hydrogen-bond acceptors (Lipinski definition) is 4. The molecule has 2 rings (SSSR count). The molecule has 0 aromatic heterocycles. The number of rotatable bonds is 6. The molecule has 1 saturated carbocycles. The molecule has 0 radical (unpaired) electrons. The predicted octanol–water partition coefficient (Wildman–Crippen LogP) is 1.68. The summed E-state index contributed by atoms with van der Waals surface area (Å²) < 4.78 is 0. The summed E-state index contributed by atoms with van der Waals surface area (Å²) in [5.41, 5.74) is -0.320. The average molecular weight is 278 g/mol. The van der Waals surface area contributed by atoms with Gasteiger partial charge in [-0.15, -0.1) is 0 Å². The lowest BCUT2D eigenvalue weighted by atomic mass is 9.91. The summed E-state index contributed by atoms with van der Waals surface area (Å²) in [6, 6.07) is 3.71. The van der Waals surface area contributed by atoms with Crippen molar-refractivity contribution in [3.63, 3.8) is 0 Å². The van der Waals surface area contributed by atoms with E-state index in [9.17, 15) is 5.26 Å². The number of piperidine rings is 1. The molecule has 0 bridgehead atoms. The molecule has 1 aliphatic carbocycles. The van der Waals surface area contributed by atoms with Crippen molar-refractivity contribution in [3.05, 3.63) is 0 Å². The first-order valence-electron chi connectivity index (χ1n) is 8.04. The zero-order valence-electron chi connectivity index (χ0n) is 13.5. The Morgan fingerprint density at radius 1 is 1.25 bits per heavy atom. The van der Waals surface area contributed by atoms with Gasteiger partial charge in [-0.2, -0.15) is 5.26 Å². The highest BCUT2D eigenvalue weighted by Crippen LogP contribution is 2.40. The SMILES string of the molecule is CC(C)NC(C#N)(CN1CCC(N(C)C)CC1)C1CC1. The highest BCUT2D eigenvalue weighted by Gasteiger charge is 2.47. The number of nitrogens with zero attached hydrogens (tertiary/aromatic N) is 3. The van der Waals surface area contributed by atoms with Crippen LogP contribution in [0.15, 0.2) is 0 Å². The van der Waals surface area contributed by atoms with Gasteiger partial charge in [0.05, 0.1) is 6.07 Å². The molecule has 1 heterocycles. The topological polar surface area (TPSA) is 42.3 Å². The molecular formula is C16H30N4. The summed E-state index contributed by atoms with van der Waals surface area (Å²) in [6.45, 7) is 7.43. The van der Waals surface area contributed by atoms with Crippen LogP contribution in [0.4, 0.5) is 0 Å². The second-order valence-corrected chi connectivity index (χ2v) is 7.13. The van der Waals surface area contributed by atoms with Crippen molar-refractivity contribution in [2.45, 2.75) is 57.2 Å². The zero-order valence-corrected chi connectivity index (χ0v) is 13.5. The molecule has 4 nitrogen and oxygen atoms in total. The molecule has 0 amide bonds. The molecule has 1 atom stereocenters. The molecule has 2 fully saturated rings. The quantitative estimate of drug-likeness (QED) is 0.803. The molecule has 4 heteroatoms. The molecule has 20 heavy (non-hydrogen) atoms. The highest BCUT2D eigenvalue weighted by atomic mass is 15.2. The first-order valence-corrected chi connectivity index (χ1v) is 8.04. The van der Waals surface area contributed by atoms with Gasteiger partial charge < -0.3 is 9.80 Å². The van der Waals surface area contributed by atoms with Gasteiger partial charge in [-0.3, -0.25) is 5.32 Å². The number of nitriles is 1. The first kappa shape index (κ1) is 15.8. The monoisotopic (exact) mass is 278 g/mol. The minimum atomic E-state index is -0.320. The summed E-state index contributed by atoms with van der Waals surface area (Å²) in [6.07, 6.45) is 4.87. The minimum absolute atomic E-state index is 0.320. The van der Waals surface area contributed by atoms with E-state index in [1.165, 1.54) is 25.7 Å². The molecule has 1 saturated heterocycles. The van der Waals surface area contributed by atoms with Crippen molar-refractivity contribution in [1.29, 1.82) is 5.26 Å². The standard InChI is InChI=1S/C16H30N4/c1-13(2)18-16(11-17,14-5-6-14)12-20-9-7-15(8-10-20)19(3)4/h13-15,18H,5-10,12H2,1-4H3. The summed E-state index contributed by atoms with van der Waals surface area (Å²) in [5, 5.41) is 13.3. The van der Waals surface area contributed by atoms with E-state index in [4.69, 9.17) is 0 Å². The van der Waals surface area contributed by atoms with E-state index in [0.717, 1.165) is 19.6 Å². The zero-order chi connectivity index (χ0) is 14.8. The lowest BCUT2D eigenvalue weighted by molar-refractivity contribution is 0.116. The third kappa shape index (κ3) is 3.72. The van der Waals surface area contributed by atoms with Gasteiger partial charge in [0.1, 0.15) is 5.54 Å². The molecule has 1 N–H and O–H groups in total. The molecule has 0 aromatic carbocycles. The van der Waals surface area contributed by atoms with Crippen molar-refractivity contribution in [2.24, 2.45) is 5.92 Å². The van der Waals surface area contributed by atoms with Crippen LogP contribution < -0.4 is 5.32 Å². The second-order valence-electron chi connectivity index (χ2n) is 7.13. The fourth-order valence-electron chi connectivity index (χ4n) is 3.49. The van der Waals surface area contributed by atoms with Gasteiger partial charge in [-0.05, 0) is 72.6 Å². The molecule has 1 aliphatic heterocycles. The first-order chi connectivity index (χ1) is 9.47. The fraction of sp³-hybridized carbons (Fsp3) is 0.938. The molecular weight excluding hydrogens is 248 g/mol. The molecule has 2 aliphatic rings. The summed E-state index contributed by atoms with van der Waals surface area (Å²) in [4.78, 5) is 4.83. The van der Waals surface area contributed by atoms with Crippen molar-refractivity contribution >= 4 is 0 Å². The number of nitrogens with one attached hydrogen (secondary N) is 1. The smallest absolute Gasteiger partial charge is 0.122 e. The highest BCUT2D eigenvalue weighted by molar-refractivity contribution is 5.17. The maximum absolute atomic E-state index is 9.76. The number of hydrogen-bond donors (Lipinski definition) is 1. The molecule has 1 unspecified atom stereocenters. The lowest BCUT2D eigenvalue weighted by Crippen LogP contribution is -2.58. The Labute approximate surface area is 124 Å². The van der Waals surface area contributed by atoms with Crippen molar-refractivity contribution in [3.8, 4) is 6.07 Å².